The van der Waals surface area contributed by atoms with Crippen LogP contribution in [0.15, 0.2) is 206 Å². The van der Waals surface area contributed by atoms with E-state index in [1.807, 2.05) is 30.5 Å². The lowest BCUT2D eigenvalue weighted by molar-refractivity contribution is 0.483. The largest absolute Gasteiger partial charge is 0.473 e. The summed E-state index contributed by atoms with van der Waals surface area (Å²) in [6.07, 6.45) is 1.84. The van der Waals surface area contributed by atoms with Gasteiger partial charge in [0.2, 0.25) is 0 Å². The van der Waals surface area contributed by atoms with Gasteiger partial charge in [0, 0.05) is 68.4 Å². The van der Waals surface area contributed by atoms with E-state index in [0.29, 0.717) is 0 Å². The molecule has 0 bridgehead atoms. The third-order valence-corrected chi connectivity index (χ3v) is 10.9. The van der Waals surface area contributed by atoms with Gasteiger partial charge in [0.15, 0.2) is 0 Å². The first-order valence-corrected chi connectivity index (χ1v) is 19.2. The molecular formula is C52H35N4O-. The smallest absolute Gasteiger partial charge is 0.137 e. The molecule has 11 rings (SSSR count). The molecule has 0 N–H and O–H groups in total. The van der Waals surface area contributed by atoms with Crippen LogP contribution in [0, 0.1) is 6.67 Å². The molecule has 8 aromatic carbocycles. The first kappa shape index (κ1) is 32.8. The second-order valence-electron chi connectivity index (χ2n) is 14.3. The van der Waals surface area contributed by atoms with Gasteiger partial charge in [0.25, 0.3) is 0 Å². The summed E-state index contributed by atoms with van der Waals surface area (Å²) in [6, 6.07) is 70.3. The highest BCUT2D eigenvalue weighted by Gasteiger charge is 2.26. The number of anilines is 4. The molecule has 0 atom stereocenters. The molecule has 0 saturated heterocycles. The van der Waals surface area contributed by atoms with Crippen LogP contribution >= 0.6 is 0 Å². The van der Waals surface area contributed by atoms with Crippen molar-refractivity contribution in [3.05, 3.63) is 213 Å². The van der Waals surface area contributed by atoms with Crippen molar-refractivity contribution in [1.29, 1.82) is 0 Å². The fourth-order valence-corrected chi connectivity index (χ4v) is 8.39. The van der Waals surface area contributed by atoms with Crippen molar-refractivity contribution < 1.29 is 4.74 Å². The first-order chi connectivity index (χ1) is 28.3. The molecule has 0 fully saturated rings. The minimum absolute atomic E-state index is 0.746. The quantitative estimate of drug-likeness (QED) is 0.153. The van der Waals surface area contributed by atoms with Gasteiger partial charge in [-0.15, -0.1) is 6.67 Å². The van der Waals surface area contributed by atoms with Crippen molar-refractivity contribution in [1.82, 2.24) is 9.55 Å². The molecule has 0 spiro atoms. The summed E-state index contributed by atoms with van der Waals surface area (Å²) in [4.78, 5) is 9.38. The lowest BCUT2D eigenvalue weighted by Crippen LogP contribution is -2.19. The molecule has 270 valence electrons. The lowest BCUT2D eigenvalue weighted by atomic mass is 9.94. The van der Waals surface area contributed by atoms with Crippen molar-refractivity contribution in [2.24, 2.45) is 0 Å². The Labute approximate surface area is 330 Å². The fraction of sp³-hybridized carbons (Fsp3) is 0. The van der Waals surface area contributed by atoms with Crippen LogP contribution in [0.25, 0.3) is 60.6 Å². The summed E-state index contributed by atoms with van der Waals surface area (Å²) in [5.41, 5.74) is 11.1. The molecule has 1 aliphatic rings. The number of para-hydroxylation sites is 2. The Kier molecular flexibility index (Phi) is 7.81. The lowest BCUT2D eigenvalue weighted by Gasteiger charge is -2.37. The van der Waals surface area contributed by atoms with Gasteiger partial charge in [-0.2, -0.15) is 0 Å². The van der Waals surface area contributed by atoms with E-state index < -0.39 is 0 Å². The Bertz CT molecular complexity index is 3030. The topological polar surface area (TPSA) is 33.5 Å². The van der Waals surface area contributed by atoms with Gasteiger partial charge in [0.1, 0.15) is 17.3 Å². The second-order valence-corrected chi connectivity index (χ2v) is 14.3. The van der Waals surface area contributed by atoms with Crippen LogP contribution in [0.2, 0.25) is 0 Å². The van der Waals surface area contributed by atoms with Gasteiger partial charge < -0.3 is 14.5 Å². The van der Waals surface area contributed by atoms with Gasteiger partial charge in [0.05, 0.1) is 11.0 Å². The van der Waals surface area contributed by atoms with Crippen molar-refractivity contribution >= 4 is 55.3 Å². The molecule has 5 nitrogen and oxygen atoms in total. The number of aromatic nitrogens is 2. The van der Waals surface area contributed by atoms with Crippen LogP contribution in [-0.4, -0.2) is 9.55 Å². The zero-order valence-electron chi connectivity index (χ0n) is 30.9. The summed E-state index contributed by atoms with van der Waals surface area (Å²) in [5.74, 6) is 2.37. The first-order valence-electron chi connectivity index (χ1n) is 19.2. The van der Waals surface area contributed by atoms with E-state index in [1.54, 1.807) is 0 Å². The maximum atomic E-state index is 6.71. The number of hydrogen-bond acceptors (Lipinski definition) is 4. The van der Waals surface area contributed by atoms with Gasteiger partial charge in [-0.05, 0) is 65.0 Å². The van der Waals surface area contributed by atoms with E-state index in [-0.39, 0.29) is 0 Å². The summed E-state index contributed by atoms with van der Waals surface area (Å²) in [7, 11) is 0. The number of nitrogens with zero attached hydrogens (tertiary/aromatic N) is 4. The number of pyridine rings is 1. The zero-order chi connectivity index (χ0) is 37.7. The van der Waals surface area contributed by atoms with Gasteiger partial charge in [-0.3, -0.25) is 4.57 Å². The third kappa shape index (κ3) is 5.59. The Balaban J connectivity index is 1.03. The van der Waals surface area contributed by atoms with Crippen LogP contribution < -0.4 is 14.5 Å². The zero-order valence-corrected chi connectivity index (χ0v) is 30.9. The molecule has 3 heterocycles. The molecule has 0 saturated carbocycles. The number of rotatable bonds is 7. The Morgan fingerprint density at radius 1 is 0.439 bits per heavy atom. The summed E-state index contributed by atoms with van der Waals surface area (Å²) < 4.78 is 8.92. The number of benzene rings is 8. The molecule has 10 aromatic rings. The van der Waals surface area contributed by atoms with Crippen LogP contribution in [0.5, 0.6) is 11.5 Å². The Morgan fingerprint density at radius 3 is 1.88 bits per heavy atom. The molecule has 0 radical (unpaired) electrons. The molecule has 0 aliphatic carbocycles. The molecule has 5 heteroatoms. The fourth-order valence-electron chi connectivity index (χ4n) is 8.39. The van der Waals surface area contributed by atoms with Gasteiger partial charge >= 0.3 is 0 Å². The maximum absolute atomic E-state index is 6.71. The van der Waals surface area contributed by atoms with Gasteiger partial charge in [-0.1, -0.05) is 140 Å². The molecular weight excluding hydrogens is 697 g/mol. The van der Waals surface area contributed by atoms with E-state index in [2.05, 4.69) is 197 Å². The van der Waals surface area contributed by atoms with Crippen molar-refractivity contribution in [2.45, 2.75) is 0 Å². The summed E-state index contributed by atoms with van der Waals surface area (Å²) in [5, 5.41) is 4.69. The number of fused-ring (bicyclic) bond motifs is 6. The van der Waals surface area contributed by atoms with E-state index in [1.165, 1.54) is 16.2 Å². The van der Waals surface area contributed by atoms with Crippen molar-refractivity contribution in [2.75, 3.05) is 9.80 Å². The van der Waals surface area contributed by atoms with E-state index in [9.17, 15) is 0 Å². The molecule has 0 amide bonds. The third-order valence-electron chi connectivity index (χ3n) is 10.9. The molecule has 2 aromatic heterocycles. The molecule has 57 heavy (non-hydrogen) atoms. The average Bonchev–Trinajstić information content (AvgIpc) is 3.83. The number of ether oxygens (including phenoxy) is 1. The predicted octanol–water partition coefficient (Wildman–Crippen LogP) is 13.9. The van der Waals surface area contributed by atoms with Gasteiger partial charge in [-0.25, -0.2) is 4.98 Å². The summed E-state index contributed by atoms with van der Waals surface area (Å²) >= 11 is 0. The highest BCUT2D eigenvalue weighted by atomic mass is 16.5. The second kappa shape index (κ2) is 13.6. The van der Waals surface area contributed by atoms with Crippen molar-refractivity contribution in [3.63, 3.8) is 0 Å². The average molecular weight is 732 g/mol. The molecule has 1 aliphatic heterocycles. The van der Waals surface area contributed by atoms with E-state index in [4.69, 9.17) is 9.72 Å². The van der Waals surface area contributed by atoms with E-state index >= 15 is 0 Å². The predicted molar refractivity (Wildman–Crippen MR) is 235 cm³/mol. The van der Waals surface area contributed by atoms with Crippen LogP contribution in [-0.2, 0) is 0 Å². The molecule has 0 unspecified atom stereocenters. The van der Waals surface area contributed by atoms with Crippen LogP contribution in [0.4, 0.5) is 22.7 Å². The van der Waals surface area contributed by atoms with Crippen LogP contribution in [0.1, 0.15) is 0 Å². The monoisotopic (exact) mass is 731 g/mol. The normalized spacial score (nSPS) is 12.4. The Morgan fingerprint density at radius 2 is 1.11 bits per heavy atom. The van der Waals surface area contributed by atoms with Crippen LogP contribution in [0.3, 0.4) is 0 Å². The summed E-state index contributed by atoms with van der Waals surface area (Å²) in [6.45, 7) is 2.24. The Hall–Kier alpha value is -7.63. The standard InChI is InChI=1S/C52H35N4O/c1-3-15-36(16-4-1)42-24-14-25-43(37-17-5-2-6-18-37)51(42)55-35-54(48-31-28-38-19-7-8-22-44(38)52(48)55)39-20-13-21-40(33-39)57-41-29-30-46-45-23-9-10-26-47(45)56(49(46)34-41)50-27-11-12-32-53-50/h1-35H/q-1. The number of hydrogen-bond donors (Lipinski definition) is 0. The SMILES string of the molecule is c1ccc(-c2cccc(-c3ccccc3)c2N2[CH-]N(c3cccc(Oc4ccc5c6ccccc6n(-c6ccccn6)c5c4)c3)c3ccc4ccccc4c32)cc1. The highest BCUT2D eigenvalue weighted by molar-refractivity contribution is 6.11. The minimum Gasteiger partial charge on any atom is -0.473 e. The van der Waals surface area contributed by atoms with E-state index in [0.717, 1.165) is 78.7 Å². The highest BCUT2D eigenvalue weighted by Crippen LogP contribution is 2.54. The maximum Gasteiger partial charge on any atom is 0.137 e. The minimum atomic E-state index is 0.746. The van der Waals surface area contributed by atoms with Crippen molar-refractivity contribution in [3.8, 4) is 39.6 Å².